The Morgan fingerprint density at radius 2 is 1.90 bits per heavy atom. The van der Waals surface area contributed by atoms with Crippen molar-refractivity contribution in [3.05, 3.63) is 119 Å². The third-order valence-electron chi connectivity index (χ3n) is 7.47. The van der Waals surface area contributed by atoms with Gasteiger partial charge in [0.15, 0.2) is 11.6 Å². The second kappa shape index (κ2) is 14.5. The molecule has 0 aliphatic carbocycles. The summed E-state index contributed by atoms with van der Waals surface area (Å²) in [7, 11) is 3.80. The molecule has 0 saturated carbocycles. The summed E-state index contributed by atoms with van der Waals surface area (Å²) >= 11 is 0. The van der Waals surface area contributed by atoms with Crippen molar-refractivity contribution in [1.29, 1.82) is 0 Å². The number of aliphatic imine (C=N–C) groups is 2. The smallest absolute Gasteiger partial charge is 0.167 e. The monoisotopic (exact) mass is 568 g/mol. The van der Waals surface area contributed by atoms with Gasteiger partial charge in [-0.05, 0) is 55.0 Å². The quantitative estimate of drug-likeness (QED) is 0.200. The molecular formula is C35H38F2N4O. The van der Waals surface area contributed by atoms with Crippen LogP contribution in [0.2, 0.25) is 0 Å². The molecule has 1 aliphatic rings. The lowest BCUT2D eigenvalue weighted by Gasteiger charge is -2.28. The van der Waals surface area contributed by atoms with Crippen molar-refractivity contribution in [2.24, 2.45) is 28.9 Å². The number of halogens is 2. The summed E-state index contributed by atoms with van der Waals surface area (Å²) in [5.41, 5.74) is 5.78. The van der Waals surface area contributed by atoms with Gasteiger partial charge < -0.3 is 14.1 Å². The molecule has 0 fully saturated rings. The summed E-state index contributed by atoms with van der Waals surface area (Å²) < 4.78 is 35.9. The Kier molecular flexibility index (Phi) is 10.5. The molecule has 42 heavy (non-hydrogen) atoms. The number of nitrogens with zero attached hydrogens (tertiary/aromatic N) is 4. The van der Waals surface area contributed by atoms with Crippen LogP contribution in [0.5, 0.6) is 0 Å². The fraction of sp³-hybridized carbons (Fsp3) is 0.286. The molecule has 0 bridgehead atoms. The van der Waals surface area contributed by atoms with Gasteiger partial charge >= 0.3 is 0 Å². The second-order valence-electron chi connectivity index (χ2n) is 10.4. The van der Waals surface area contributed by atoms with E-state index in [0.29, 0.717) is 25.0 Å². The van der Waals surface area contributed by atoms with Crippen LogP contribution in [0.1, 0.15) is 49.3 Å². The van der Waals surface area contributed by atoms with Gasteiger partial charge in [-0.2, -0.15) is 0 Å². The van der Waals surface area contributed by atoms with Gasteiger partial charge in [0, 0.05) is 67.4 Å². The first-order valence-corrected chi connectivity index (χ1v) is 14.3. The summed E-state index contributed by atoms with van der Waals surface area (Å²) in [5, 5.41) is 4.19. The number of aromatic nitrogens is 2. The molecule has 2 unspecified atom stereocenters. The van der Waals surface area contributed by atoms with Gasteiger partial charge in [-0.25, -0.2) is 8.78 Å². The molecule has 0 N–H and O–H groups in total. The van der Waals surface area contributed by atoms with Crippen LogP contribution in [-0.4, -0.2) is 28.7 Å². The van der Waals surface area contributed by atoms with Crippen LogP contribution in [0.15, 0.2) is 99.7 Å². The molecule has 0 radical (unpaired) electrons. The average molecular weight is 569 g/mol. The van der Waals surface area contributed by atoms with E-state index in [0.717, 1.165) is 40.8 Å². The van der Waals surface area contributed by atoms with E-state index < -0.39 is 11.6 Å². The SMILES string of the molecule is C=Cc1ccc(-c2cc(CC/C=C3/N=C(c4cccc(F)c4F)CC(C)C3C=NC)on2)cc1.CCc1cccn1C. The fourth-order valence-corrected chi connectivity index (χ4v) is 5.04. The predicted octanol–water partition coefficient (Wildman–Crippen LogP) is 8.51. The highest BCUT2D eigenvalue weighted by molar-refractivity contribution is 6.02. The van der Waals surface area contributed by atoms with E-state index in [1.807, 2.05) is 42.6 Å². The molecule has 7 heteroatoms. The summed E-state index contributed by atoms with van der Waals surface area (Å²) in [6, 6.07) is 18.3. The molecule has 5 rings (SSSR count). The Hall–Kier alpha value is -4.39. The molecule has 2 atom stereocenters. The zero-order chi connectivity index (χ0) is 30.1. The van der Waals surface area contributed by atoms with Crippen LogP contribution in [0.3, 0.4) is 0 Å². The highest BCUT2D eigenvalue weighted by Gasteiger charge is 2.28. The largest absolute Gasteiger partial charge is 0.361 e. The second-order valence-corrected chi connectivity index (χ2v) is 10.4. The average Bonchev–Trinajstić information content (AvgIpc) is 3.65. The molecule has 0 spiro atoms. The minimum absolute atomic E-state index is 0.0130. The Morgan fingerprint density at radius 3 is 2.55 bits per heavy atom. The maximum absolute atomic E-state index is 14.4. The van der Waals surface area contributed by atoms with E-state index in [1.54, 1.807) is 19.2 Å². The minimum Gasteiger partial charge on any atom is -0.361 e. The van der Waals surface area contributed by atoms with Crippen LogP contribution in [0.4, 0.5) is 8.78 Å². The van der Waals surface area contributed by atoms with Crippen molar-refractivity contribution in [2.45, 2.75) is 39.5 Å². The lowest BCUT2D eigenvalue weighted by molar-refractivity contribution is 0.385. The van der Waals surface area contributed by atoms with Crippen LogP contribution in [0, 0.1) is 23.5 Å². The minimum atomic E-state index is -0.865. The van der Waals surface area contributed by atoms with Crippen LogP contribution >= 0.6 is 0 Å². The highest BCUT2D eigenvalue weighted by atomic mass is 19.2. The standard InChI is InChI=1S/C28H27F2N3O.C7H11N/c1-4-19-11-13-20(14-12-19)26-16-21(34-33-26)7-5-10-25-23(17-31-3)18(2)15-27(32-25)22-8-6-9-24(29)28(22)30;1-3-7-5-4-6-8(7)2/h4,6,8-14,16-18,23H,1,5,7,15H2,2-3H3;4-6H,3H2,1-2H3/b25-10+,31-17?;. The van der Waals surface area contributed by atoms with Gasteiger partial charge in [0.05, 0.1) is 5.71 Å². The third-order valence-corrected chi connectivity index (χ3v) is 7.47. The molecule has 2 aromatic heterocycles. The molecule has 3 heterocycles. The Labute approximate surface area is 247 Å². The highest BCUT2D eigenvalue weighted by Crippen LogP contribution is 2.32. The zero-order valence-corrected chi connectivity index (χ0v) is 24.7. The number of hydrogen-bond acceptors (Lipinski definition) is 4. The number of allylic oxidation sites excluding steroid dienone is 2. The molecule has 5 nitrogen and oxygen atoms in total. The van der Waals surface area contributed by atoms with Crippen molar-refractivity contribution in [1.82, 2.24) is 9.72 Å². The van der Waals surface area contributed by atoms with Gasteiger partial charge in [-0.3, -0.25) is 4.99 Å². The first kappa shape index (κ1) is 30.6. The predicted molar refractivity (Wildman–Crippen MR) is 168 cm³/mol. The molecule has 4 aromatic rings. The van der Waals surface area contributed by atoms with E-state index in [-0.39, 0.29) is 17.4 Å². The number of aryl methyl sites for hydroxylation is 3. The van der Waals surface area contributed by atoms with Crippen molar-refractivity contribution in [2.75, 3.05) is 7.05 Å². The Balaban J connectivity index is 0.000000437. The van der Waals surface area contributed by atoms with Gasteiger partial charge in [0.1, 0.15) is 11.5 Å². The van der Waals surface area contributed by atoms with Gasteiger partial charge in [0.25, 0.3) is 0 Å². The Bertz CT molecular complexity index is 1580. The van der Waals surface area contributed by atoms with E-state index in [9.17, 15) is 8.78 Å². The molecule has 1 aliphatic heterocycles. The summed E-state index contributed by atoms with van der Waals surface area (Å²) in [4.78, 5) is 8.93. The van der Waals surface area contributed by atoms with Crippen LogP contribution in [-0.2, 0) is 19.9 Å². The molecule has 2 aromatic carbocycles. The lowest BCUT2D eigenvalue weighted by Crippen LogP contribution is -2.25. The van der Waals surface area contributed by atoms with Gasteiger partial charge in [-0.15, -0.1) is 0 Å². The van der Waals surface area contributed by atoms with E-state index in [2.05, 4.69) is 60.5 Å². The summed E-state index contributed by atoms with van der Waals surface area (Å²) in [6.07, 6.45) is 10.8. The maximum atomic E-state index is 14.4. The zero-order valence-electron chi connectivity index (χ0n) is 24.7. The van der Waals surface area contributed by atoms with Crippen molar-refractivity contribution >= 4 is 18.0 Å². The van der Waals surface area contributed by atoms with Crippen LogP contribution < -0.4 is 0 Å². The van der Waals surface area contributed by atoms with Crippen molar-refractivity contribution in [3.63, 3.8) is 0 Å². The normalized spacial score (nSPS) is 17.7. The first-order chi connectivity index (χ1) is 20.3. The number of benzene rings is 2. The molecular weight excluding hydrogens is 530 g/mol. The number of rotatable bonds is 8. The summed E-state index contributed by atoms with van der Waals surface area (Å²) in [6.45, 7) is 8.01. The molecule has 0 amide bonds. The fourth-order valence-electron chi connectivity index (χ4n) is 5.04. The maximum Gasteiger partial charge on any atom is 0.167 e. The van der Waals surface area contributed by atoms with Gasteiger partial charge in [0.2, 0.25) is 0 Å². The van der Waals surface area contributed by atoms with Crippen molar-refractivity contribution < 1.29 is 13.3 Å². The summed E-state index contributed by atoms with van der Waals surface area (Å²) in [5.74, 6) is -0.786. The van der Waals surface area contributed by atoms with E-state index in [4.69, 9.17) is 9.52 Å². The topological polar surface area (TPSA) is 55.7 Å². The lowest BCUT2D eigenvalue weighted by atomic mass is 9.82. The van der Waals surface area contributed by atoms with E-state index >= 15 is 0 Å². The first-order valence-electron chi connectivity index (χ1n) is 14.3. The van der Waals surface area contributed by atoms with Crippen molar-refractivity contribution in [3.8, 4) is 11.3 Å². The molecule has 218 valence electrons. The molecule has 0 saturated heterocycles. The number of hydrogen-bond donors (Lipinski definition) is 0. The third kappa shape index (κ3) is 7.46. The van der Waals surface area contributed by atoms with Gasteiger partial charge in [-0.1, -0.05) is 68.1 Å². The van der Waals surface area contributed by atoms with E-state index in [1.165, 1.54) is 11.8 Å². The van der Waals surface area contributed by atoms with Crippen LogP contribution in [0.25, 0.3) is 17.3 Å². The Morgan fingerprint density at radius 1 is 1.12 bits per heavy atom.